The van der Waals surface area contributed by atoms with Gasteiger partial charge in [0.15, 0.2) is 0 Å². The Labute approximate surface area is 162 Å². The Morgan fingerprint density at radius 3 is 2.33 bits per heavy atom. The minimum Gasteiger partial charge on any atom is -0.475 e. The van der Waals surface area contributed by atoms with Crippen molar-refractivity contribution in [2.45, 2.75) is 19.6 Å². The van der Waals surface area contributed by atoms with Crippen LogP contribution in [0.3, 0.4) is 0 Å². The third-order valence-electron chi connectivity index (χ3n) is 2.83. The largest absolute Gasteiger partial charge is 0.490 e. The fraction of sp³-hybridized carbons (Fsp3) is 0.188. The van der Waals surface area contributed by atoms with E-state index >= 15 is 0 Å². The topological polar surface area (TPSA) is 91.3 Å². The maximum atomic E-state index is 11.8. The number of aliphatic carboxylic acids is 1. The van der Waals surface area contributed by atoms with Gasteiger partial charge in [0.1, 0.15) is 0 Å². The van der Waals surface area contributed by atoms with Gasteiger partial charge < -0.3 is 15.7 Å². The number of pyridine rings is 1. The highest BCUT2D eigenvalue weighted by Crippen LogP contribution is 2.20. The lowest BCUT2D eigenvalue weighted by molar-refractivity contribution is -0.192. The number of anilines is 1. The maximum Gasteiger partial charge on any atom is 0.490 e. The molecule has 2 aromatic rings. The summed E-state index contributed by atoms with van der Waals surface area (Å²) in [6.45, 7) is 2.23. The molecule has 0 unspecified atom stereocenters. The van der Waals surface area contributed by atoms with E-state index in [0.29, 0.717) is 22.3 Å². The third-order valence-corrected chi connectivity index (χ3v) is 3.42. The van der Waals surface area contributed by atoms with Crippen molar-refractivity contribution in [3.05, 3.63) is 57.8 Å². The molecule has 0 radical (unpaired) electrons. The summed E-state index contributed by atoms with van der Waals surface area (Å²) in [4.78, 5) is 24.7. The molecule has 27 heavy (non-hydrogen) atoms. The van der Waals surface area contributed by atoms with Gasteiger partial charge in [-0.3, -0.25) is 4.98 Å². The molecule has 11 heteroatoms. The average molecular weight is 424 g/mol. The zero-order valence-electron chi connectivity index (χ0n) is 13.8. The van der Waals surface area contributed by atoms with E-state index < -0.39 is 12.1 Å². The van der Waals surface area contributed by atoms with Crippen LogP contribution in [-0.2, 0) is 11.3 Å². The Morgan fingerprint density at radius 1 is 1.19 bits per heavy atom. The predicted octanol–water partition coefficient (Wildman–Crippen LogP) is 4.65. The Morgan fingerprint density at radius 2 is 1.81 bits per heavy atom. The van der Waals surface area contributed by atoms with Crippen LogP contribution in [0.5, 0.6) is 0 Å². The molecular weight excluding hydrogens is 410 g/mol. The lowest BCUT2D eigenvalue weighted by atomic mass is 10.2. The van der Waals surface area contributed by atoms with Crippen LogP contribution in [0.1, 0.15) is 11.1 Å². The van der Waals surface area contributed by atoms with E-state index in [2.05, 4.69) is 15.6 Å². The molecule has 2 amide bonds. The lowest BCUT2D eigenvalue weighted by Crippen LogP contribution is -2.28. The van der Waals surface area contributed by atoms with Gasteiger partial charge in [-0.1, -0.05) is 29.3 Å². The van der Waals surface area contributed by atoms with E-state index in [0.717, 1.165) is 11.1 Å². The molecule has 1 heterocycles. The second-order valence-electron chi connectivity index (χ2n) is 5.10. The standard InChI is InChI=1S/C14H13Cl2N3O.C2HF3O2/c1-9-4-12(8-17-6-9)19-14(20)18-7-10-2-3-11(15)5-13(10)16;3-2(4,5)1(6)7/h2-6,8H,7H2,1H3,(H2,18,19,20);(H,6,7). The molecule has 0 saturated heterocycles. The van der Waals surface area contributed by atoms with Crippen LogP contribution in [0, 0.1) is 6.92 Å². The van der Waals surface area contributed by atoms with Gasteiger partial charge in [-0.05, 0) is 36.2 Å². The Balaban J connectivity index is 0.000000445. The minimum atomic E-state index is -5.08. The molecule has 1 aromatic heterocycles. The molecule has 0 fully saturated rings. The molecule has 0 saturated carbocycles. The molecule has 0 aliphatic heterocycles. The first-order chi connectivity index (χ1) is 12.5. The normalized spacial score (nSPS) is 10.4. The molecule has 0 bridgehead atoms. The number of carboxylic acids is 1. The first-order valence-corrected chi connectivity index (χ1v) is 7.95. The Bertz CT molecular complexity index is 817. The number of carbonyl (C=O) groups excluding carboxylic acids is 1. The summed E-state index contributed by atoms with van der Waals surface area (Å²) in [6, 6.07) is 6.67. The number of alkyl halides is 3. The van der Waals surface area contributed by atoms with Crippen LogP contribution in [0.4, 0.5) is 23.7 Å². The summed E-state index contributed by atoms with van der Waals surface area (Å²) in [5, 5.41) is 13.6. The van der Waals surface area contributed by atoms with Crippen molar-refractivity contribution < 1.29 is 27.9 Å². The van der Waals surface area contributed by atoms with Gasteiger partial charge in [-0.2, -0.15) is 13.2 Å². The van der Waals surface area contributed by atoms with Crippen LogP contribution in [0.25, 0.3) is 0 Å². The van der Waals surface area contributed by atoms with Crippen molar-refractivity contribution in [1.82, 2.24) is 10.3 Å². The first-order valence-electron chi connectivity index (χ1n) is 7.19. The van der Waals surface area contributed by atoms with Gasteiger partial charge in [-0.25, -0.2) is 9.59 Å². The molecule has 1 aromatic carbocycles. The second-order valence-corrected chi connectivity index (χ2v) is 5.94. The number of hydrogen-bond acceptors (Lipinski definition) is 3. The number of carboxylic acid groups (broad SMARTS) is 1. The van der Waals surface area contributed by atoms with E-state index in [-0.39, 0.29) is 6.03 Å². The molecule has 2 rings (SSSR count). The number of aryl methyl sites for hydroxylation is 1. The number of carbonyl (C=O) groups is 2. The number of rotatable bonds is 3. The van der Waals surface area contributed by atoms with E-state index in [9.17, 15) is 18.0 Å². The number of nitrogens with one attached hydrogen (secondary N) is 2. The Hall–Kier alpha value is -2.52. The smallest absolute Gasteiger partial charge is 0.475 e. The van der Waals surface area contributed by atoms with Crippen molar-refractivity contribution in [2.24, 2.45) is 0 Å². The number of benzene rings is 1. The molecule has 6 nitrogen and oxygen atoms in total. The second kappa shape index (κ2) is 9.98. The van der Waals surface area contributed by atoms with E-state index in [4.69, 9.17) is 33.1 Å². The maximum absolute atomic E-state index is 11.8. The van der Waals surface area contributed by atoms with Gasteiger partial charge in [-0.15, -0.1) is 0 Å². The number of amides is 2. The number of hydrogen-bond donors (Lipinski definition) is 3. The van der Waals surface area contributed by atoms with Gasteiger partial charge in [0, 0.05) is 22.8 Å². The zero-order chi connectivity index (χ0) is 20.6. The summed E-state index contributed by atoms with van der Waals surface area (Å²) in [7, 11) is 0. The van der Waals surface area contributed by atoms with E-state index in [1.807, 2.05) is 13.0 Å². The third kappa shape index (κ3) is 8.61. The first kappa shape index (κ1) is 22.5. The lowest BCUT2D eigenvalue weighted by Gasteiger charge is -2.09. The molecule has 0 atom stereocenters. The van der Waals surface area contributed by atoms with Gasteiger partial charge >= 0.3 is 18.2 Å². The summed E-state index contributed by atoms with van der Waals surface area (Å²) in [6.07, 6.45) is -1.78. The van der Waals surface area contributed by atoms with Crippen LogP contribution in [-0.4, -0.2) is 28.3 Å². The van der Waals surface area contributed by atoms with Gasteiger partial charge in [0.05, 0.1) is 11.9 Å². The van der Waals surface area contributed by atoms with Crippen molar-refractivity contribution in [2.75, 3.05) is 5.32 Å². The molecule has 0 aliphatic carbocycles. The zero-order valence-corrected chi connectivity index (χ0v) is 15.3. The quantitative estimate of drug-likeness (QED) is 0.669. The van der Waals surface area contributed by atoms with E-state index in [1.165, 1.54) is 0 Å². The van der Waals surface area contributed by atoms with Crippen molar-refractivity contribution >= 4 is 40.9 Å². The summed E-state index contributed by atoms with van der Waals surface area (Å²) >= 11 is 11.8. The molecule has 3 N–H and O–H groups in total. The summed E-state index contributed by atoms with van der Waals surface area (Å²) < 4.78 is 31.7. The fourth-order valence-corrected chi connectivity index (χ4v) is 2.11. The summed E-state index contributed by atoms with van der Waals surface area (Å²) in [5.74, 6) is -2.76. The molecule has 0 spiro atoms. The highest BCUT2D eigenvalue weighted by atomic mass is 35.5. The number of urea groups is 1. The van der Waals surface area contributed by atoms with E-state index in [1.54, 1.807) is 30.6 Å². The average Bonchev–Trinajstić information content (AvgIpc) is 2.53. The van der Waals surface area contributed by atoms with Crippen molar-refractivity contribution in [3.63, 3.8) is 0 Å². The molecular formula is C16H14Cl2F3N3O3. The van der Waals surface area contributed by atoms with Crippen molar-refractivity contribution in [3.8, 4) is 0 Å². The minimum absolute atomic E-state index is 0.316. The van der Waals surface area contributed by atoms with Crippen molar-refractivity contribution in [1.29, 1.82) is 0 Å². The van der Waals surface area contributed by atoms with Crippen LogP contribution >= 0.6 is 23.2 Å². The summed E-state index contributed by atoms with van der Waals surface area (Å²) in [5.41, 5.74) is 2.42. The van der Waals surface area contributed by atoms with Crippen LogP contribution < -0.4 is 10.6 Å². The predicted molar refractivity (Wildman–Crippen MR) is 95.0 cm³/mol. The fourth-order valence-electron chi connectivity index (χ4n) is 1.64. The Kier molecular flexibility index (Phi) is 8.32. The molecule has 146 valence electrons. The highest BCUT2D eigenvalue weighted by Gasteiger charge is 2.38. The monoisotopic (exact) mass is 423 g/mol. The number of aromatic nitrogens is 1. The SMILES string of the molecule is Cc1cncc(NC(=O)NCc2ccc(Cl)cc2Cl)c1.O=C(O)C(F)(F)F. The van der Waals surface area contributed by atoms with Crippen LogP contribution in [0.2, 0.25) is 10.0 Å². The number of halogens is 5. The highest BCUT2D eigenvalue weighted by molar-refractivity contribution is 6.35. The van der Waals surface area contributed by atoms with Gasteiger partial charge in [0.25, 0.3) is 0 Å². The molecule has 0 aliphatic rings. The van der Waals surface area contributed by atoms with Crippen LogP contribution in [0.15, 0.2) is 36.7 Å². The number of nitrogens with zero attached hydrogens (tertiary/aromatic N) is 1. The van der Waals surface area contributed by atoms with Gasteiger partial charge in [0.2, 0.25) is 0 Å².